The molecule has 1 aromatic rings. The summed E-state index contributed by atoms with van der Waals surface area (Å²) >= 11 is 0. The standard InChI is InChI=1S/C12H12N2/c1-9-6-11(12(2,3)8-14)5-4-10(9)7-13/h4-6H,1-3H3. The molecule has 0 amide bonds. The molecule has 2 heteroatoms. The molecule has 2 nitrogen and oxygen atoms in total. The summed E-state index contributed by atoms with van der Waals surface area (Å²) in [5.74, 6) is 0. The van der Waals surface area contributed by atoms with Crippen molar-refractivity contribution in [2.24, 2.45) is 0 Å². The Labute approximate surface area is 84.4 Å². The first-order valence-electron chi connectivity index (χ1n) is 4.44. The largest absolute Gasteiger partial charge is 0.197 e. The number of aryl methyl sites for hydroxylation is 1. The highest BCUT2D eigenvalue weighted by Crippen LogP contribution is 2.23. The second-order valence-corrected chi connectivity index (χ2v) is 3.88. The minimum absolute atomic E-state index is 0.487. The molecule has 0 aliphatic carbocycles. The van der Waals surface area contributed by atoms with E-state index in [4.69, 9.17) is 10.5 Å². The molecule has 0 N–H and O–H groups in total. The maximum absolute atomic E-state index is 8.95. The third-order valence-electron chi connectivity index (χ3n) is 2.35. The van der Waals surface area contributed by atoms with Crippen LogP contribution >= 0.6 is 0 Å². The summed E-state index contributed by atoms with van der Waals surface area (Å²) in [5, 5.41) is 17.7. The average Bonchev–Trinajstić information content (AvgIpc) is 2.17. The molecule has 0 radical (unpaired) electrons. The molecule has 1 rings (SSSR count). The van der Waals surface area contributed by atoms with E-state index in [1.807, 2.05) is 32.9 Å². The van der Waals surface area contributed by atoms with E-state index in [0.29, 0.717) is 5.56 Å². The smallest absolute Gasteiger partial charge is 0.0994 e. The van der Waals surface area contributed by atoms with Gasteiger partial charge in [0.25, 0.3) is 0 Å². The van der Waals surface area contributed by atoms with Crippen LogP contribution < -0.4 is 0 Å². The molecule has 0 aliphatic rings. The maximum Gasteiger partial charge on any atom is 0.0994 e. The molecule has 0 bridgehead atoms. The van der Waals surface area contributed by atoms with Crippen LogP contribution in [0.15, 0.2) is 18.2 Å². The minimum Gasteiger partial charge on any atom is -0.197 e. The highest BCUT2D eigenvalue weighted by molar-refractivity contribution is 5.43. The zero-order chi connectivity index (χ0) is 10.8. The van der Waals surface area contributed by atoms with Gasteiger partial charge in [0.05, 0.1) is 23.1 Å². The minimum atomic E-state index is -0.487. The van der Waals surface area contributed by atoms with Gasteiger partial charge in [-0.05, 0) is 38.0 Å². The molecule has 0 saturated carbocycles. The molecule has 70 valence electrons. The lowest BCUT2D eigenvalue weighted by atomic mass is 9.85. The zero-order valence-electron chi connectivity index (χ0n) is 8.63. The lowest BCUT2D eigenvalue weighted by Crippen LogP contribution is -2.13. The molecule has 0 aromatic heterocycles. The average molecular weight is 184 g/mol. The summed E-state index contributed by atoms with van der Waals surface area (Å²) in [5.41, 5.74) is 2.06. The van der Waals surface area contributed by atoms with Crippen molar-refractivity contribution in [3.63, 3.8) is 0 Å². The van der Waals surface area contributed by atoms with Gasteiger partial charge in [0.1, 0.15) is 0 Å². The quantitative estimate of drug-likeness (QED) is 0.673. The molecule has 1 aromatic carbocycles. The fourth-order valence-electron chi connectivity index (χ4n) is 1.24. The third kappa shape index (κ3) is 1.75. The lowest BCUT2D eigenvalue weighted by Gasteiger charge is -2.16. The van der Waals surface area contributed by atoms with Gasteiger partial charge in [0.15, 0.2) is 0 Å². The van der Waals surface area contributed by atoms with Crippen molar-refractivity contribution < 1.29 is 0 Å². The van der Waals surface area contributed by atoms with E-state index >= 15 is 0 Å². The highest BCUT2D eigenvalue weighted by Gasteiger charge is 2.19. The Balaban J connectivity index is 3.25. The topological polar surface area (TPSA) is 47.6 Å². The number of hydrogen-bond acceptors (Lipinski definition) is 2. The number of hydrogen-bond donors (Lipinski definition) is 0. The molecule has 0 unspecified atom stereocenters. The van der Waals surface area contributed by atoms with Crippen molar-refractivity contribution in [1.29, 1.82) is 10.5 Å². The molecular formula is C12H12N2. The van der Waals surface area contributed by atoms with Crippen molar-refractivity contribution >= 4 is 0 Å². The van der Waals surface area contributed by atoms with Crippen molar-refractivity contribution in [1.82, 2.24) is 0 Å². The van der Waals surface area contributed by atoms with Crippen LogP contribution in [0.3, 0.4) is 0 Å². The second-order valence-electron chi connectivity index (χ2n) is 3.88. The molecule has 0 saturated heterocycles. The van der Waals surface area contributed by atoms with Crippen LogP contribution in [0.1, 0.15) is 30.5 Å². The van der Waals surface area contributed by atoms with E-state index in [9.17, 15) is 0 Å². The fourth-order valence-corrected chi connectivity index (χ4v) is 1.24. The number of benzene rings is 1. The van der Waals surface area contributed by atoms with Crippen molar-refractivity contribution in [3.8, 4) is 12.1 Å². The van der Waals surface area contributed by atoms with Gasteiger partial charge >= 0.3 is 0 Å². The second kappa shape index (κ2) is 3.52. The van der Waals surface area contributed by atoms with Crippen molar-refractivity contribution in [2.75, 3.05) is 0 Å². The predicted octanol–water partition coefficient (Wildman–Crippen LogP) is 2.67. The summed E-state index contributed by atoms with van der Waals surface area (Å²) in [7, 11) is 0. The molecule has 0 heterocycles. The monoisotopic (exact) mass is 184 g/mol. The van der Waals surface area contributed by atoms with Crippen LogP contribution in [0, 0.1) is 29.6 Å². The molecule has 0 spiro atoms. The van der Waals surface area contributed by atoms with Crippen molar-refractivity contribution in [2.45, 2.75) is 26.2 Å². The van der Waals surface area contributed by atoms with Gasteiger partial charge in [-0.25, -0.2) is 0 Å². The number of rotatable bonds is 1. The Kier molecular flexibility index (Phi) is 2.58. The van der Waals surface area contributed by atoms with Gasteiger partial charge in [-0.1, -0.05) is 12.1 Å². The van der Waals surface area contributed by atoms with Gasteiger partial charge in [-0.3, -0.25) is 0 Å². The Bertz CT molecular complexity index is 431. The third-order valence-corrected chi connectivity index (χ3v) is 2.35. The Morgan fingerprint density at radius 2 is 1.86 bits per heavy atom. The van der Waals surface area contributed by atoms with E-state index < -0.39 is 5.41 Å². The predicted molar refractivity (Wildman–Crippen MR) is 54.5 cm³/mol. The van der Waals surface area contributed by atoms with Crippen LogP contribution in [0.5, 0.6) is 0 Å². The van der Waals surface area contributed by atoms with Crippen LogP contribution in [-0.2, 0) is 5.41 Å². The van der Waals surface area contributed by atoms with E-state index in [-0.39, 0.29) is 0 Å². The van der Waals surface area contributed by atoms with Crippen LogP contribution in [-0.4, -0.2) is 0 Å². The first-order chi connectivity index (χ1) is 6.51. The molecule has 0 aliphatic heterocycles. The number of nitriles is 2. The fraction of sp³-hybridized carbons (Fsp3) is 0.333. The van der Waals surface area contributed by atoms with E-state index in [1.165, 1.54) is 0 Å². The first kappa shape index (κ1) is 10.3. The van der Waals surface area contributed by atoms with Gasteiger partial charge in [-0.15, -0.1) is 0 Å². The van der Waals surface area contributed by atoms with Gasteiger partial charge in [0.2, 0.25) is 0 Å². The van der Waals surface area contributed by atoms with Gasteiger partial charge < -0.3 is 0 Å². The van der Waals surface area contributed by atoms with Crippen LogP contribution in [0.2, 0.25) is 0 Å². The number of nitrogens with zero attached hydrogens (tertiary/aromatic N) is 2. The SMILES string of the molecule is Cc1cc(C(C)(C)C#N)ccc1C#N. The molecule has 0 fully saturated rings. The lowest BCUT2D eigenvalue weighted by molar-refractivity contribution is 0.686. The summed E-state index contributed by atoms with van der Waals surface area (Å²) in [6.45, 7) is 5.62. The van der Waals surface area contributed by atoms with E-state index in [1.54, 1.807) is 6.07 Å². The summed E-state index contributed by atoms with van der Waals surface area (Å²) in [6.07, 6.45) is 0. The summed E-state index contributed by atoms with van der Waals surface area (Å²) in [4.78, 5) is 0. The Morgan fingerprint density at radius 1 is 1.21 bits per heavy atom. The van der Waals surface area contributed by atoms with Crippen LogP contribution in [0.4, 0.5) is 0 Å². The summed E-state index contributed by atoms with van der Waals surface area (Å²) < 4.78 is 0. The van der Waals surface area contributed by atoms with Gasteiger partial charge in [-0.2, -0.15) is 10.5 Å². The first-order valence-corrected chi connectivity index (χ1v) is 4.44. The zero-order valence-corrected chi connectivity index (χ0v) is 8.63. The maximum atomic E-state index is 8.95. The van der Waals surface area contributed by atoms with Crippen LogP contribution in [0.25, 0.3) is 0 Å². The van der Waals surface area contributed by atoms with E-state index in [0.717, 1.165) is 11.1 Å². The van der Waals surface area contributed by atoms with Crippen molar-refractivity contribution in [3.05, 3.63) is 34.9 Å². The summed E-state index contributed by atoms with van der Waals surface area (Å²) in [6, 6.07) is 9.86. The molecule has 0 atom stereocenters. The molecular weight excluding hydrogens is 172 g/mol. The Hall–Kier alpha value is -1.80. The van der Waals surface area contributed by atoms with E-state index in [2.05, 4.69) is 12.1 Å². The Morgan fingerprint density at radius 3 is 2.29 bits per heavy atom. The van der Waals surface area contributed by atoms with Gasteiger partial charge in [0, 0.05) is 0 Å². The highest BCUT2D eigenvalue weighted by atomic mass is 14.3. The molecule has 14 heavy (non-hydrogen) atoms. The normalized spacial score (nSPS) is 10.4.